The number of hydrogen-bond donors (Lipinski definition) is 2. The molecule has 0 amide bonds. The molecule has 3 aromatic rings. The SMILES string of the molecule is CCOCc1ccc(CNCc2cn[nH]c2-c2ccc(C)cc2)cc1. The second kappa shape index (κ2) is 8.60. The lowest BCUT2D eigenvalue weighted by atomic mass is 10.1. The van der Waals surface area contributed by atoms with Gasteiger partial charge in [0.25, 0.3) is 0 Å². The molecule has 0 aliphatic heterocycles. The van der Waals surface area contributed by atoms with Gasteiger partial charge in [-0.05, 0) is 30.5 Å². The number of nitrogens with one attached hydrogen (secondary N) is 2. The quantitative estimate of drug-likeness (QED) is 0.648. The molecular formula is C21H25N3O. The molecular weight excluding hydrogens is 310 g/mol. The van der Waals surface area contributed by atoms with E-state index in [9.17, 15) is 0 Å². The van der Waals surface area contributed by atoms with Gasteiger partial charge in [0.15, 0.2) is 0 Å². The molecule has 0 radical (unpaired) electrons. The molecule has 1 heterocycles. The predicted molar refractivity (Wildman–Crippen MR) is 101 cm³/mol. The average molecular weight is 335 g/mol. The van der Waals surface area contributed by atoms with Crippen molar-refractivity contribution in [3.63, 3.8) is 0 Å². The molecule has 2 aromatic carbocycles. The normalized spacial score (nSPS) is 11.0. The van der Waals surface area contributed by atoms with Crippen LogP contribution in [-0.2, 0) is 24.4 Å². The van der Waals surface area contributed by atoms with Crippen LogP contribution in [0.4, 0.5) is 0 Å². The number of hydrogen-bond acceptors (Lipinski definition) is 3. The highest BCUT2D eigenvalue weighted by atomic mass is 16.5. The molecule has 130 valence electrons. The maximum absolute atomic E-state index is 5.43. The monoisotopic (exact) mass is 335 g/mol. The molecule has 0 aliphatic carbocycles. The molecule has 0 spiro atoms. The van der Waals surface area contributed by atoms with E-state index in [0.717, 1.165) is 25.4 Å². The summed E-state index contributed by atoms with van der Waals surface area (Å²) in [5.74, 6) is 0. The highest BCUT2D eigenvalue weighted by Gasteiger charge is 2.07. The van der Waals surface area contributed by atoms with E-state index in [1.54, 1.807) is 0 Å². The van der Waals surface area contributed by atoms with Crippen molar-refractivity contribution in [3.8, 4) is 11.3 Å². The van der Waals surface area contributed by atoms with Crippen LogP contribution in [-0.4, -0.2) is 16.8 Å². The number of rotatable bonds is 8. The predicted octanol–water partition coefficient (Wildman–Crippen LogP) is 4.21. The fraction of sp³-hybridized carbons (Fsp3) is 0.286. The average Bonchev–Trinajstić information content (AvgIpc) is 3.10. The fourth-order valence-corrected chi connectivity index (χ4v) is 2.73. The zero-order valence-electron chi connectivity index (χ0n) is 14.9. The minimum atomic E-state index is 0.680. The molecule has 2 N–H and O–H groups in total. The second-order valence-electron chi connectivity index (χ2n) is 6.19. The zero-order valence-corrected chi connectivity index (χ0v) is 14.9. The Kier molecular flexibility index (Phi) is 5.99. The lowest BCUT2D eigenvalue weighted by Crippen LogP contribution is -2.12. The van der Waals surface area contributed by atoms with Gasteiger partial charge in [-0.25, -0.2) is 0 Å². The Hall–Kier alpha value is -2.43. The van der Waals surface area contributed by atoms with Crippen molar-refractivity contribution in [2.45, 2.75) is 33.5 Å². The Bertz CT molecular complexity index is 776. The van der Waals surface area contributed by atoms with E-state index >= 15 is 0 Å². The number of H-pyrrole nitrogens is 1. The summed E-state index contributed by atoms with van der Waals surface area (Å²) in [4.78, 5) is 0. The van der Waals surface area contributed by atoms with Crippen molar-refractivity contribution in [1.29, 1.82) is 0 Å². The van der Waals surface area contributed by atoms with Gasteiger partial charge in [-0.2, -0.15) is 5.10 Å². The van der Waals surface area contributed by atoms with E-state index in [0.29, 0.717) is 6.61 Å². The third kappa shape index (κ3) is 4.78. The smallest absolute Gasteiger partial charge is 0.0716 e. The second-order valence-corrected chi connectivity index (χ2v) is 6.19. The minimum absolute atomic E-state index is 0.680. The molecule has 0 atom stereocenters. The van der Waals surface area contributed by atoms with Gasteiger partial charge in [0, 0.05) is 25.3 Å². The molecule has 3 rings (SSSR count). The first-order valence-corrected chi connectivity index (χ1v) is 8.72. The van der Waals surface area contributed by atoms with E-state index in [2.05, 4.69) is 71.0 Å². The largest absolute Gasteiger partial charge is 0.377 e. The molecule has 25 heavy (non-hydrogen) atoms. The van der Waals surface area contributed by atoms with Gasteiger partial charge in [0.05, 0.1) is 18.5 Å². The zero-order chi connectivity index (χ0) is 17.5. The van der Waals surface area contributed by atoms with Gasteiger partial charge in [0.1, 0.15) is 0 Å². The molecule has 4 nitrogen and oxygen atoms in total. The van der Waals surface area contributed by atoms with Crippen molar-refractivity contribution in [2.24, 2.45) is 0 Å². The first-order chi connectivity index (χ1) is 12.3. The summed E-state index contributed by atoms with van der Waals surface area (Å²) in [6, 6.07) is 17.1. The fourth-order valence-electron chi connectivity index (χ4n) is 2.73. The number of nitrogens with zero attached hydrogens (tertiary/aromatic N) is 1. The van der Waals surface area contributed by atoms with Crippen molar-refractivity contribution in [1.82, 2.24) is 15.5 Å². The summed E-state index contributed by atoms with van der Waals surface area (Å²) >= 11 is 0. The third-order valence-corrected chi connectivity index (χ3v) is 4.20. The molecule has 0 aliphatic rings. The van der Waals surface area contributed by atoms with Crippen LogP contribution in [0, 0.1) is 6.92 Å². The van der Waals surface area contributed by atoms with E-state index in [1.807, 2.05) is 13.1 Å². The minimum Gasteiger partial charge on any atom is -0.377 e. The molecule has 0 fully saturated rings. The van der Waals surface area contributed by atoms with Crippen molar-refractivity contribution < 1.29 is 4.74 Å². The van der Waals surface area contributed by atoms with Crippen molar-refractivity contribution in [2.75, 3.05) is 6.61 Å². The molecule has 1 aromatic heterocycles. The van der Waals surface area contributed by atoms with Crippen LogP contribution in [0.3, 0.4) is 0 Å². The number of aryl methyl sites for hydroxylation is 1. The van der Waals surface area contributed by atoms with Crippen LogP contribution < -0.4 is 5.32 Å². The van der Waals surface area contributed by atoms with Crippen LogP contribution in [0.2, 0.25) is 0 Å². The third-order valence-electron chi connectivity index (χ3n) is 4.20. The Morgan fingerprint density at radius 1 is 0.960 bits per heavy atom. The van der Waals surface area contributed by atoms with Gasteiger partial charge in [-0.1, -0.05) is 54.1 Å². The molecule has 4 heteroatoms. The van der Waals surface area contributed by atoms with E-state index < -0.39 is 0 Å². The van der Waals surface area contributed by atoms with E-state index in [-0.39, 0.29) is 0 Å². The van der Waals surface area contributed by atoms with Crippen LogP contribution >= 0.6 is 0 Å². The molecule has 0 saturated heterocycles. The lowest BCUT2D eigenvalue weighted by molar-refractivity contribution is 0.134. The Morgan fingerprint density at radius 3 is 2.40 bits per heavy atom. The maximum atomic E-state index is 5.43. The standard InChI is InChI=1S/C21H25N3O/c1-3-25-15-18-8-6-17(7-9-18)12-22-13-20-14-23-24-21(20)19-10-4-16(2)5-11-19/h4-11,14,22H,3,12-13,15H2,1-2H3,(H,23,24). The summed E-state index contributed by atoms with van der Waals surface area (Å²) in [6.07, 6.45) is 1.90. The summed E-state index contributed by atoms with van der Waals surface area (Å²) < 4.78 is 5.43. The first kappa shape index (κ1) is 17.4. The van der Waals surface area contributed by atoms with Crippen molar-refractivity contribution >= 4 is 0 Å². The summed E-state index contributed by atoms with van der Waals surface area (Å²) in [7, 11) is 0. The molecule has 0 unspecified atom stereocenters. The first-order valence-electron chi connectivity index (χ1n) is 8.72. The Labute approximate surface area is 149 Å². The number of ether oxygens (including phenoxy) is 1. The van der Waals surface area contributed by atoms with Crippen molar-refractivity contribution in [3.05, 3.63) is 77.0 Å². The van der Waals surface area contributed by atoms with Gasteiger partial charge >= 0.3 is 0 Å². The Balaban J connectivity index is 1.56. The summed E-state index contributed by atoms with van der Waals surface area (Å²) in [6.45, 7) is 7.14. The van der Waals surface area contributed by atoms with E-state index in [1.165, 1.54) is 27.8 Å². The van der Waals surface area contributed by atoms with Crippen LogP contribution in [0.5, 0.6) is 0 Å². The Morgan fingerprint density at radius 2 is 1.68 bits per heavy atom. The van der Waals surface area contributed by atoms with E-state index in [4.69, 9.17) is 4.74 Å². The lowest BCUT2D eigenvalue weighted by Gasteiger charge is -2.08. The topological polar surface area (TPSA) is 49.9 Å². The van der Waals surface area contributed by atoms with Gasteiger partial charge in [-0.15, -0.1) is 0 Å². The highest BCUT2D eigenvalue weighted by molar-refractivity contribution is 5.62. The number of aromatic amines is 1. The summed E-state index contributed by atoms with van der Waals surface area (Å²) in [5.41, 5.74) is 7.16. The van der Waals surface area contributed by atoms with Gasteiger partial charge in [0.2, 0.25) is 0 Å². The van der Waals surface area contributed by atoms with Gasteiger partial charge < -0.3 is 10.1 Å². The maximum Gasteiger partial charge on any atom is 0.0716 e. The highest BCUT2D eigenvalue weighted by Crippen LogP contribution is 2.21. The molecule has 0 bridgehead atoms. The number of aromatic nitrogens is 2. The number of benzene rings is 2. The van der Waals surface area contributed by atoms with Crippen LogP contribution in [0.1, 0.15) is 29.2 Å². The van der Waals surface area contributed by atoms with Crippen LogP contribution in [0.15, 0.2) is 54.7 Å². The summed E-state index contributed by atoms with van der Waals surface area (Å²) in [5, 5.41) is 10.8. The van der Waals surface area contributed by atoms with Crippen LogP contribution in [0.25, 0.3) is 11.3 Å². The van der Waals surface area contributed by atoms with Gasteiger partial charge in [-0.3, -0.25) is 5.10 Å². The molecule has 0 saturated carbocycles.